The van der Waals surface area contributed by atoms with Gasteiger partial charge in [-0.25, -0.2) is 0 Å². The second-order valence-electron chi connectivity index (χ2n) is 5.80. The van der Waals surface area contributed by atoms with Gasteiger partial charge in [-0.05, 0) is 44.2 Å². The zero-order valence-electron chi connectivity index (χ0n) is 11.7. The molecular formula is C15H22N2OS. The van der Waals surface area contributed by atoms with Crippen molar-refractivity contribution in [2.24, 2.45) is 0 Å². The van der Waals surface area contributed by atoms with Gasteiger partial charge in [0.05, 0.1) is 4.88 Å². The lowest BCUT2D eigenvalue weighted by Crippen LogP contribution is -2.48. The molecule has 0 aromatic carbocycles. The summed E-state index contributed by atoms with van der Waals surface area (Å²) in [6.07, 6.45) is 5.80. The van der Waals surface area contributed by atoms with E-state index in [1.54, 1.807) is 11.3 Å². The van der Waals surface area contributed by atoms with Crippen LogP contribution in [-0.4, -0.2) is 36.0 Å². The van der Waals surface area contributed by atoms with E-state index in [1.165, 1.54) is 17.7 Å². The topological polar surface area (TPSA) is 32.3 Å². The quantitative estimate of drug-likeness (QED) is 0.922. The molecule has 4 heteroatoms. The van der Waals surface area contributed by atoms with E-state index < -0.39 is 0 Å². The summed E-state index contributed by atoms with van der Waals surface area (Å²) in [4.78, 5) is 16.7. The molecule has 2 aliphatic heterocycles. The standard InChI is InChI=1S/C15H22N2OS/c1-3-13-6-7-14(19-13)15(18)17(2)12-8-10-4-5-11(9-12)16-10/h6-7,10-12,16H,3-5,8-9H2,1-2H3. The fourth-order valence-corrected chi connectivity index (χ4v) is 4.30. The van der Waals surface area contributed by atoms with Crippen molar-refractivity contribution in [1.82, 2.24) is 10.2 Å². The third kappa shape index (κ3) is 2.56. The average Bonchev–Trinajstić information content (AvgIpc) is 3.03. The van der Waals surface area contributed by atoms with E-state index in [1.807, 2.05) is 18.0 Å². The highest BCUT2D eigenvalue weighted by Crippen LogP contribution is 2.30. The van der Waals surface area contributed by atoms with Crippen LogP contribution in [0.4, 0.5) is 0 Å². The normalized spacial score (nSPS) is 29.5. The lowest BCUT2D eigenvalue weighted by Gasteiger charge is -2.35. The Labute approximate surface area is 119 Å². The molecule has 1 amide bonds. The van der Waals surface area contributed by atoms with Crippen molar-refractivity contribution >= 4 is 17.2 Å². The summed E-state index contributed by atoms with van der Waals surface area (Å²) in [6, 6.07) is 5.75. The van der Waals surface area contributed by atoms with Gasteiger partial charge in [0.25, 0.3) is 5.91 Å². The highest BCUT2D eigenvalue weighted by atomic mass is 32.1. The molecule has 2 bridgehead atoms. The van der Waals surface area contributed by atoms with Crippen molar-refractivity contribution in [3.63, 3.8) is 0 Å². The third-order valence-electron chi connectivity index (χ3n) is 4.54. The highest BCUT2D eigenvalue weighted by Gasteiger charge is 2.36. The van der Waals surface area contributed by atoms with Crippen molar-refractivity contribution < 1.29 is 4.79 Å². The number of carbonyl (C=O) groups excluding carboxylic acids is 1. The van der Waals surface area contributed by atoms with Gasteiger partial charge < -0.3 is 10.2 Å². The Morgan fingerprint density at radius 1 is 1.37 bits per heavy atom. The van der Waals surface area contributed by atoms with E-state index in [-0.39, 0.29) is 5.91 Å². The first-order valence-corrected chi connectivity index (χ1v) is 8.11. The molecule has 1 N–H and O–H groups in total. The van der Waals surface area contributed by atoms with Gasteiger partial charge in [0.1, 0.15) is 0 Å². The first-order chi connectivity index (χ1) is 9.17. The fraction of sp³-hybridized carbons (Fsp3) is 0.667. The summed E-state index contributed by atoms with van der Waals surface area (Å²) in [5.74, 6) is 0.205. The Morgan fingerprint density at radius 2 is 2.05 bits per heavy atom. The van der Waals surface area contributed by atoms with Crippen LogP contribution in [0.2, 0.25) is 0 Å². The minimum absolute atomic E-state index is 0.205. The van der Waals surface area contributed by atoms with E-state index in [2.05, 4.69) is 18.3 Å². The number of hydrogen-bond acceptors (Lipinski definition) is 3. The zero-order valence-corrected chi connectivity index (χ0v) is 12.5. The van der Waals surface area contributed by atoms with Crippen LogP contribution in [0.25, 0.3) is 0 Å². The maximum Gasteiger partial charge on any atom is 0.263 e. The number of rotatable bonds is 3. The van der Waals surface area contributed by atoms with Gasteiger partial charge in [-0.15, -0.1) is 11.3 Å². The Bertz CT molecular complexity index is 458. The molecule has 1 aromatic heterocycles. The number of piperidine rings is 1. The van der Waals surface area contributed by atoms with Crippen LogP contribution in [0.3, 0.4) is 0 Å². The smallest absolute Gasteiger partial charge is 0.263 e. The summed E-state index contributed by atoms with van der Waals surface area (Å²) in [6.45, 7) is 2.13. The lowest BCUT2D eigenvalue weighted by molar-refractivity contribution is 0.0686. The SMILES string of the molecule is CCc1ccc(C(=O)N(C)C2CC3CCC(C2)N3)s1. The molecule has 0 aliphatic carbocycles. The number of fused-ring (bicyclic) bond motifs is 2. The molecule has 2 unspecified atom stereocenters. The van der Waals surface area contributed by atoms with Crippen LogP contribution in [0.5, 0.6) is 0 Å². The molecule has 2 fully saturated rings. The lowest BCUT2D eigenvalue weighted by atomic mass is 9.98. The van der Waals surface area contributed by atoms with Crippen molar-refractivity contribution in [2.75, 3.05) is 7.05 Å². The van der Waals surface area contributed by atoms with Gasteiger partial charge in [0.2, 0.25) is 0 Å². The maximum atomic E-state index is 12.5. The predicted octanol–water partition coefficient (Wildman–Crippen LogP) is 2.67. The molecule has 0 spiro atoms. The molecule has 1 aromatic rings. The first-order valence-electron chi connectivity index (χ1n) is 7.29. The van der Waals surface area contributed by atoms with Crippen LogP contribution >= 0.6 is 11.3 Å². The summed E-state index contributed by atoms with van der Waals surface area (Å²) in [7, 11) is 1.98. The van der Waals surface area contributed by atoms with Gasteiger partial charge in [-0.2, -0.15) is 0 Å². The van der Waals surface area contributed by atoms with Crippen molar-refractivity contribution in [2.45, 2.75) is 57.2 Å². The van der Waals surface area contributed by atoms with E-state index in [0.29, 0.717) is 18.1 Å². The molecule has 104 valence electrons. The number of thiophene rings is 1. The van der Waals surface area contributed by atoms with Crippen LogP contribution in [0, 0.1) is 0 Å². The summed E-state index contributed by atoms with van der Waals surface area (Å²) < 4.78 is 0. The molecular weight excluding hydrogens is 256 g/mol. The van der Waals surface area contributed by atoms with Gasteiger partial charge in [0, 0.05) is 30.1 Å². The summed E-state index contributed by atoms with van der Waals surface area (Å²) in [5, 5.41) is 3.63. The Hall–Kier alpha value is -0.870. The van der Waals surface area contributed by atoms with Gasteiger partial charge in [-0.3, -0.25) is 4.79 Å². The largest absolute Gasteiger partial charge is 0.338 e. The Balaban J connectivity index is 1.69. The number of nitrogens with zero attached hydrogens (tertiary/aromatic N) is 1. The number of nitrogens with one attached hydrogen (secondary N) is 1. The molecule has 19 heavy (non-hydrogen) atoms. The molecule has 0 saturated carbocycles. The zero-order chi connectivity index (χ0) is 13.4. The van der Waals surface area contributed by atoms with Crippen LogP contribution in [-0.2, 0) is 6.42 Å². The Kier molecular flexibility index (Phi) is 3.63. The van der Waals surface area contributed by atoms with Crippen LogP contribution < -0.4 is 5.32 Å². The fourth-order valence-electron chi connectivity index (χ4n) is 3.37. The van der Waals surface area contributed by atoms with E-state index in [4.69, 9.17) is 0 Å². The number of hydrogen-bond donors (Lipinski definition) is 1. The number of carbonyl (C=O) groups is 1. The van der Waals surface area contributed by atoms with E-state index in [0.717, 1.165) is 24.1 Å². The summed E-state index contributed by atoms with van der Waals surface area (Å²) >= 11 is 1.64. The molecule has 3 rings (SSSR count). The molecule has 2 aliphatic rings. The third-order valence-corrected chi connectivity index (χ3v) is 5.75. The maximum absolute atomic E-state index is 12.5. The predicted molar refractivity (Wildman–Crippen MR) is 78.8 cm³/mol. The Morgan fingerprint density at radius 3 is 2.63 bits per heavy atom. The van der Waals surface area contributed by atoms with Crippen molar-refractivity contribution in [3.8, 4) is 0 Å². The minimum atomic E-state index is 0.205. The monoisotopic (exact) mass is 278 g/mol. The second kappa shape index (κ2) is 5.25. The minimum Gasteiger partial charge on any atom is -0.338 e. The van der Waals surface area contributed by atoms with Gasteiger partial charge in [-0.1, -0.05) is 6.92 Å². The van der Waals surface area contributed by atoms with Crippen LogP contribution in [0.15, 0.2) is 12.1 Å². The van der Waals surface area contributed by atoms with Gasteiger partial charge in [0.15, 0.2) is 0 Å². The second-order valence-corrected chi connectivity index (χ2v) is 6.97. The van der Waals surface area contributed by atoms with E-state index >= 15 is 0 Å². The molecule has 3 heterocycles. The molecule has 2 saturated heterocycles. The summed E-state index contributed by atoms with van der Waals surface area (Å²) in [5.41, 5.74) is 0. The first kappa shape index (κ1) is 13.1. The van der Waals surface area contributed by atoms with E-state index in [9.17, 15) is 4.79 Å². The molecule has 3 nitrogen and oxygen atoms in total. The molecule has 2 atom stereocenters. The van der Waals surface area contributed by atoms with Crippen LogP contribution in [0.1, 0.15) is 47.2 Å². The van der Waals surface area contributed by atoms with Gasteiger partial charge >= 0.3 is 0 Å². The average molecular weight is 278 g/mol. The highest BCUT2D eigenvalue weighted by molar-refractivity contribution is 7.14. The van der Waals surface area contributed by atoms with Crippen molar-refractivity contribution in [3.05, 3.63) is 21.9 Å². The van der Waals surface area contributed by atoms with Crippen molar-refractivity contribution in [1.29, 1.82) is 0 Å². The number of aryl methyl sites for hydroxylation is 1. The number of amides is 1. The molecule has 0 radical (unpaired) electrons.